The number of carbonyl (C=O) groups is 4. The zero-order chi connectivity index (χ0) is 58.4. The van der Waals surface area contributed by atoms with Crippen LogP contribution in [0.5, 0.6) is 0 Å². The lowest BCUT2D eigenvalue weighted by molar-refractivity contribution is 0.0121. The maximum absolute atomic E-state index is 11.3. The Bertz CT molecular complexity index is 2270. The Morgan fingerprint density at radius 3 is 1.14 bits per heavy atom. The molecule has 8 rings (SSSR count). The molecule has 0 aromatic carbocycles. The number of aromatic nitrogens is 8. The van der Waals surface area contributed by atoms with Crippen LogP contribution in [0, 0.1) is 0 Å². The number of nitrogens with one attached hydrogen (secondary N) is 3. The molecule has 0 bridgehead atoms. The summed E-state index contributed by atoms with van der Waals surface area (Å²) in [6.07, 6.45) is 2.42. The molecule has 0 saturated carbocycles. The Hall–Kier alpha value is -6.25. The van der Waals surface area contributed by atoms with Gasteiger partial charge in [0.1, 0.15) is 22.6 Å². The molecule has 4 aliphatic heterocycles. The lowest BCUT2D eigenvalue weighted by Gasteiger charge is -2.27. The molecule has 0 atom stereocenters. The highest BCUT2D eigenvalue weighted by Crippen LogP contribution is 2.17. The molecule has 4 saturated heterocycles. The maximum Gasteiger partial charge on any atom is 0.356 e. The van der Waals surface area contributed by atoms with E-state index in [-0.39, 0.29) is 83.4 Å². The van der Waals surface area contributed by atoms with Crippen LogP contribution in [0.2, 0.25) is 15.7 Å². The summed E-state index contributed by atoms with van der Waals surface area (Å²) in [6, 6.07) is 6.54. The molecule has 0 spiro atoms. The number of aromatic carboxylic acids is 1. The van der Waals surface area contributed by atoms with Crippen molar-refractivity contribution in [2.45, 2.75) is 72.6 Å². The number of carboxylic acid groups (broad SMARTS) is 1. The van der Waals surface area contributed by atoms with E-state index in [2.05, 4.69) is 86.4 Å². The fourth-order valence-electron chi connectivity index (χ4n) is 4.83. The number of nitrogens with two attached hydrogens (primary N) is 3. The number of carboxylic acids is 1. The minimum absolute atomic E-state index is 0. The molecule has 32 heteroatoms. The van der Waals surface area contributed by atoms with Crippen molar-refractivity contribution in [2.24, 2.45) is 5.73 Å². The Balaban J connectivity index is 0. The summed E-state index contributed by atoms with van der Waals surface area (Å²) >= 11 is 16.6. The summed E-state index contributed by atoms with van der Waals surface area (Å²) in [4.78, 5) is 74.2. The van der Waals surface area contributed by atoms with E-state index >= 15 is 0 Å². The number of halogens is 3. The third-order valence-corrected chi connectivity index (χ3v) is 9.70. The van der Waals surface area contributed by atoms with Crippen LogP contribution in [0.3, 0.4) is 0 Å². The van der Waals surface area contributed by atoms with Gasteiger partial charge in [-0.1, -0.05) is 39.8 Å². The summed E-state index contributed by atoms with van der Waals surface area (Å²) in [5, 5.41) is 17.9. The van der Waals surface area contributed by atoms with Gasteiger partial charge in [-0.15, -0.1) is 0 Å². The maximum atomic E-state index is 11.3. The predicted molar refractivity (Wildman–Crippen MR) is 302 cm³/mol. The smallest absolute Gasteiger partial charge is 0.356 e. The molecular formula is C48H79Cl3N14O15. The minimum atomic E-state index is -1.13. The van der Waals surface area contributed by atoms with Gasteiger partial charge in [0, 0.05) is 65.4 Å². The van der Waals surface area contributed by atoms with Gasteiger partial charge in [-0.2, -0.15) is 9.97 Å². The number of methoxy groups -OCH3 is 6. The molecule has 29 nitrogen and oxygen atoms in total. The number of hydrogen-bond donors (Lipinski definition) is 7. The van der Waals surface area contributed by atoms with E-state index in [0.717, 1.165) is 33.0 Å². The van der Waals surface area contributed by atoms with E-state index in [9.17, 15) is 19.2 Å². The average Bonchev–Trinajstić information content (AvgIpc) is 3.37. The second kappa shape index (κ2) is 44.5. The van der Waals surface area contributed by atoms with E-state index in [1.54, 1.807) is 21.3 Å². The van der Waals surface area contributed by atoms with Crippen LogP contribution in [-0.4, -0.2) is 208 Å². The van der Waals surface area contributed by atoms with E-state index in [4.69, 9.17) is 80.8 Å². The number of anilines is 5. The quantitative estimate of drug-likeness (QED) is 0.0274. The number of nitrogen functional groups attached to an aromatic ring is 2. The summed E-state index contributed by atoms with van der Waals surface area (Å²) in [5.41, 5.74) is 16.3. The number of unbranched alkanes of at least 4 members (excludes halogenated alkanes) is 1. The van der Waals surface area contributed by atoms with Crippen molar-refractivity contribution in [3.8, 4) is 0 Å². The van der Waals surface area contributed by atoms with Crippen molar-refractivity contribution in [3.05, 3.63) is 62.8 Å². The summed E-state index contributed by atoms with van der Waals surface area (Å²) in [5.74, 6) is -1.43. The first-order valence-corrected chi connectivity index (χ1v) is 24.8. The molecule has 4 aliphatic rings. The van der Waals surface area contributed by atoms with E-state index < -0.39 is 23.9 Å². The number of rotatable bonds is 15. The molecule has 8 heterocycles. The summed E-state index contributed by atoms with van der Waals surface area (Å²) < 4.78 is 47.1. The van der Waals surface area contributed by atoms with Gasteiger partial charge in [-0.05, 0) is 43.5 Å². The first kappa shape index (κ1) is 75.8. The van der Waals surface area contributed by atoms with E-state index in [1.807, 2.05) is 13.8 Å². The second-order valence-corrected chi connectivity index (χ2v) is 16.5. The molecule has 0 radical (unpaired) electrons. The third-order valence-electron chi connectivity index (χ3n) is 9.17. The van der Waals surface area contributed by atoms with E-state index in [0.29, 0.717) is 63.1 Å². The second-order valence-electron chi connectivity index (χ2n) is 15.5. The Morgan fingerprint density at radius 1 is 0.537 bits per heavy atom. The van der Waals surface area contributed by atoms with Gasteiger partial charge in [0.25, 0.3) is 0 Å². The topological polar surface area (TPSA) is 398 Å². The first-order valence-electron chi connectivity index (χ1n) is 23.6. The SMILES string of the molecule is C.C.CCCCOC.CCOC.CCOC.COC(=O)c1cc(Cl)nc(Cl)n1.COC(=O)c1cc(NC2COC2)nc(Cl)n1.COC(=O)c1cc(NC2COC2)nc(N)n1.NC1COC1.Nc1nc(NC2COC2)cc(C(=O)O)n1. The number of ether oxygens (including phenoxy) is 10. The van der Waals surface area contributed by atoms with Crippen molar-refractivity contribution in [2.75, 3.05) is 143 Å². The summed E-state index contributed by atoms with van der Waals surface area (Å²) in [7, 11) is 8.90. The monoisotopic (exact) mass is 1200 g/mol. The Morgan fingerprint density at radius 2 is 0.863 bits per heavy atom. The van der Waals surface area contributed by atoms with Crippen LogP contribution in [0.25, 0.3) is 0 Å². The van der Waals surface area contributed by atoms with Crippen molar-refractivity contribution >= 4 is 88.0 Å². The predicted octanol–water partition coefficient (Wildman–Crippen LogP) is 4.88. The standard InChI is InChI=1S/C9H10ClN3O3.C9H12N4O3.C8H10N4O3.C6H4Cl2N2O2.C5H12O.C3H7NO.2C3H8O.2CH4/c2*1-15-8(14)6-2-7(13-9(10)12-6)11-5-3-16-4-5;9-8-11-5(7(13)14)1-6(12-8)10-4-2-15-3-4;1-12-5(11)3-2-4(7)10-6(8)9-3;1-3-4-5-6-2;4-3-1-5-2-3;2*1-3-4-2;;/h2,5H,3-4H2,1H3,(H,11,12,13);2,5H,3-4H2,1H3,(H3,10,11,12,13);1,4H,2-3H2,(H,13,14)(H3,9,10,11,12);2H,1H3;3-5H2,1-2H3;3H,1-2,4H2;2*3H2,1-2H3;2*1H4. The highest BCUT2D eigenvalue weighted by molar-refractivity contribution is 6.32. The number of esters is 3. The van der Waals surface area contributed by atoms with Gasteiger partial charge < -0.3 is 85.6 Å². The molecule has 4 aromatic rings. The largest absolute Gasteiger partial charge is 0.477 e. The van der Waals surface area contributed by atoms with Gasteiger partial charge in [0.15, 0.2) is 22.8 Å². The normalized spacial score (nSPS) is 13.6. The van der Waals surface area contributed by atoms with Gasteiger partial charge in [0.05, 0.1) is 98.4 Å². The van der Waals surface area contributed by atoms with Crippen LogP contribution in [0.15, 0.2) is 24.3 Å². The number of carbonyl (C=O) groups excluding carboxylic acids is 3. The van der Waals surface area contributed by atoms with Crippen molar-refractivity contribution in [1.82, 2.24) is 39.9 Å². The third kappa shape index (κ3) is 32.7. The minimum Gasteiger partial charge on any atom is -0.477 e. The fourth-order valence-corrected chi connectivity index (χ4v) is 5.42. The van der Waals surface area contributed by atoms with Crippen LogP contribution >= 0.6 is 34.8 Å². The van der Waals surface area contributed by atoms with Gasteiger partial charge in [-0.25, -0.2) is 49.1 Å². The molecule has 80 heavy (non-hydrogen) atoms. The highest BCUT2D eigenvalue weighted by Gasteiger charge is 2.22. The summed E-state index contributed by atoms with van der Waals surface area (Å²) in [6.45, 7) is 13.8. The molecule has 4 fully saturated rings. The Labute approximate surface area is 481 Å². The highest BCUT2D eigenvalue weighted by atomic mass is 35.5. The van der Waals surface area contributed by atoms with Crippen molar-refractivity contribution < 1.29 is 71.7 Å². The zero-order valence-corrected chi connectivity index (χ0v) is 47.2. The van der Waals surface area contributed by atoms with Crippen molar-refractivity contribution in [1.29, 1.82) is 0 Å². The van der Waals surface area contributed by atoms with Crippen molar-refractivity contribution in [3.63, 3.8) is 0 Å². The van der Waals surface area contributed by atoms with Crippen LogP contribution < -0.4 is 33.2 Å². The molecule has 10 N–H and O–H groups in total. The fraction of sp³-hybridized carbons (Fsp3) is 0.583. The van der Waals surface area contributed by atoms with E-state index in [1.165, 1.54) is 58.4 Å². The van der Waals surface area contributed by atoms with Gasteiger partial charge >= 0.3 is 23.9 Å². The Kier molecular flexibility index (Phi) is 42.2. The van der Waals surface area contributed by atoms with Gasteiger partial charge in [-0.3, -0.25) is 0 Å². The number of hydrogen-bond acceptors (Lipinski definition) is 28. The first-order chi connectivity index (χ1) is 37.3. The van der Waals surface area contributed by atoms with Gasteiger partial charge in [0.2, 0.25) is 22.5 Å². The molecular weight excluding hydrogens is 1120 g/mol. The zero-order valence-electron chi connectivity index (χ0n) is 44.9. The average molecular weight is 1200 g/mol. The number of nitrogens with zero attached hydrogens (tertiary/aromatic N) is 8. The molecule has 0 aliphatic carbocycles. The molecule has 0 amide bonds. The van der Waals surface area contributed by atoms with Crippen LogP contribution in [0.4, 0.5) is 29.4 Å². The lowest BCUT2D eigenvalue weighted by atomic mass is 10.2. The lowest BCUT2D eigenvalue weighted by Crippen LogP contribution is -2.41. The van der Waals surface area contributed by atoms with Crippen LogP contribution in [0.1, 0.15) is 90.4 Å². The van der Waals surface area contributed by atoms with Crippen LogP contribution in [-0.2, 0) is 47.4 Å². The molecule has 0 unspecified atom stereocenters. The molecule has 452 valence electrons. The molecule has 4 aromatic heterocycles.